The summed E-state index contributed by atoms with van der Waals surface area (Å²) in [7, 11) is 1.61. The van der Waals surface area contributed by atoms with Gasteiger partial charge in [0.25, 0.3) is 5.95 Å². The van der Waals surface area contributed by atoms with E-state index in [-0.39, 0.29) is 0 Å². The molecule has 0 aliphatic rings. The van der Waals surface area contributed by atoms with Crippen molar-refractivity contribution in [2.45, 2.75) is 20.5 Å². The number of nitrogens with zero attached hydrogens (tertiary/aromatic N) is 4. The molecule has 0 N–H and O–H groups in total. The van der Waals surface area contributed by atoms with Crippen LogP contribution >= 0.6 is 0 Å². The highest BCUT2D eigenvalue weighted by molar-refractivity contribution is 5.89. The third-order valence-corrected chi connectivity index (χ3v) is 4.42. The Morgan fingerprint density at radius 2 is 1.97 bits per heavy atom. The monoisotopic (exact) mass is 402 g/mol. The standard InChI is InChI=1S/C23H22N4O3/c1-15(2)26-27-13-19(25-23(27)24-3)22-12-18-20(10-17(28-4)11-21(18)30-22)29-14-16-8-6-5-7-9-16/h5-13H,3,14H2,1-2,4H3. The summed E-state index contributed by atoms with van der Waals surface area (Å²) < 4.78 is 19.1. The average Bonchev–Trinajstić information content (AvgIpc) is 3.36. The van der Waals surface area contributed by atoms with Crippen molar-refractivity contribution >= 4 is 29.3 Å². The van der Waals surface area contributed by atoms with Gasteiger partial charge in [0, 0.05) is 17.8 Å². The summed E-state index contributed by atoms with van der Waals surface area (Å²) in [6.45, 7) is 7.80. The molecule has 0 amide bonds. The average molecular weight is 402 g/mol. The lowest BCUT2D eigenvalue weighted by molar-refractivity contribution is 0.307. The van der Waals surface area contributed by atoms with Crippen molar-refractivity contribution in [3.8, 4) is 23.0 Å². The second-order valence-corrected chi connectivity index (χ2v) is 6.90. The molecule has 4 rings (SSSR count). The first-order valence-electron chi connectivity index (χ1n) is 9.44. The molecule has 7 heteroatoms. The van der Waals surface area contributed by atoms with Crippen molar-refractivity contribution < 1.29 is 13.9 Å². The van der Waals surface area contributed by atoms with Gasteiger partial charge in [-0.3, -0.25) is 0 Å². The number of ether oxygens (including phenoxy) is 2. The van der Waals surface area contributed by atoms with Crippen LogP contribution in [0.4, 0.5) is 5.95 Å². The Kier molecular flexibility index (Phi) is 5.34. The summed E-state index contributed by atoms with van der Waals surface area (Å²) in [5.74, 6) is 2.30. The summed E-state index contributed by atoms with van der Waals surface area (Å²) in [6, 6.07) is 15.6. The van der Waals surface area contributed by atoms with Gasteiger partial charge < -0.3 is 13.9 Å². The molecule has 0 aliphatic carbocycles. The van der Waals surface area contributed by atoms with Crippen LogP contribution in [0.2, 0.25) is 0 Å². The van der Waals surface area contributed by atoms with Crippen LogP contribution in [0.15, 0.2) is 69.2 Å². The van der Waals surface area contributed by atoms with Crippen LogP contribution in [0.1, 0.15) is 19.4 Å². The molecule has 7 nitrogen and oxygen atoms in total. The quantitative estimate of drug-likeness (QED) is 0.385. The van der Waals surface area contributed by atoms with Crippen molar-refractivity contribution in [2.75, 3.05) is 7.11 Å². The Hall–Kier alpha value is -3.87. The lowest BCUT2D eigenvalue weighted by Gasteiger charge is -2.09. The molecule has 0 bridgehead atoms. The predicted octanol–water partition coefficient (Wildman–Crippen LogP) is 5.46. The number of benzene rings is 2. The molecule has 0 saturated carbocycles. The van der Waals surface area contributed by atoms with E-state index in [0.29, 0.717) is 41.1 Å². The van der Waals surface area contributed by atoms with Gasteiger partial charge in [-0.1, -0.05) is 30.3 Å². The zero-order chi connectivity index (χ0) is 21.1. The van der Waals surface area contributed by atoms with Gasteiger partial charge in [0.15, 0.2) is 5.76 Å². The van der Waals surface area contributed by atoms with Gasteiger partial charge >= 0.3 is 0 Å². The number of hydrogen-bond donors (Lipinski definition) is 0. The molecule has 0 unspecified atom stereocenters. The van der Waals surface area contributed by atoms with Gasteiger partial charge in [-0.25, -0.2) is 14.7 Å². The minimum Gasteiger partial charge on any atom is -0.496 e. The number of methoxy groups -OCH3 is 1. The molecular weight excluding hydrogens is 380 g/mol. The molecule has 4 aromatic rings. The Morgan fingerprint density at radius 1 is 1.17 bits per heavy atom. The predicted molar refractivity (Wildman–Crippen MR) is 118 cm³/mol. The molecule has 0 saturated heterocycles. The van der Waals surface area contributed by atoms with Gasteiger partial charge in [-0.15, -0.1) is 0 Å². The van der Waals surface area contributed by atoms with E-state index in [9.17, 15) is 0 Å². The molecular formula is C23H22N4O3. The summed E-state index contributed by atoms with van der Waals surface area (Å²) >= 11 is 0. The van der Waals surface area contributed by atoms with Gasteiger partial charge in [0.05, 0.1) is 18.7 Å². The molecule has 0 fully saturated rings. The normalized spacial score (nSPS) is 10.8. The van der Waals surface area contributed by atoms with Gasteiger partial charge in [0.2, 0.25) is 0 Å². The molecule has 2 aromatic carbocycles. The fraction of sp³-hybridized carbons (Fsp3) is 0.174. The summed E-state index contributed by atoms with van der Waals surface area (Å²) in [6.07, 6.45) is 1.76. The lowest BCUT2D eigenvalue weighted by Crippen LogP contribution is -1.96. The minimum atomic E-state index is 0.393. The maximum absolute atomic E-state index is 6.08. The van der Waals surface area contributed by atoms with E-state index >= 15 is 0 Å². The van der Waals surface area contributed by atoms with Crippen LogP contribution < -0.4 is 9.47 Å². The smallest absolute Gasteiger partial charge is 0.250 e. The molecule has 0 atom stereocenters. The fourth-order valence-electron chi connectivity index (χ4n) is 3.06. The van der Waals surface area contributed by atoms with Crippen molar-refractivity contribution in [3.63, 3.8) is 0 Å². The van der Waals surface area contributed by atoms with E-state index in [1.54, 1.807) is 18.0 Å². The van der Waals surface area contributed by atoms with E-state index in [0.717, 1.165) is 16.7 Å². The second-order valence-electron chi connectivity index (χ2n) is 6.90. The Labute approximate surface area is 174 Å². The first-order valence-corrected chi connectivity index (χ1v) is 9.44. The largest absolute Gasteiger partial charge is 0.496 e. The zero-order valence-corrected chi connectivity index (χ0v) is 17.1. The van der Waals surface area contributed by atoms with Gasteiger partial charge in [-0.05, 0) is 32.2 Å². The Morgan fingerprint density at radius 3 is 2.67 bits per heavy atom. The first-order chi connectivity index (χ1) is 14.6. The van der Waals surface area contributed by atoms with E-state index in [1.807, 2.05) is 62.4 Å². The highest BCUT2D eigenvalue weighted by Gasteiger charge is 2.17. The number of fused-ring (bicyclic) bond motifs is 1. The van der Waals surface area contributed by atoms with E-state index in [1.165, 1.54) is 0 Å². The van der Waals surface area contributed by atoms with Crippen LogP contribution in [-0.4, -0.2) is 29.2 Å². The number of aliphatic imine (C=N–C) groups is 1. The molecule has 0 spiro atoms. The van der Waals surface area contributed by atoms with E-state index < -0.39 is 0 Å². The second kappa shape index (κ2) is 8.24. The van der Waals surface area contributed by atoms with Crippen molar-refractivity contribution in [2.24, 2.45) is 10.1 Å². The van der Waals surface area contributed by atoms with Crippen LogP contribution in [0.5, 0.6) is 11.5 Å². The van der Waals surface area contributed by atoms with Crippen molar-refractivity contribution in [1.29, 1.82) is 0 Å². The Bertz CT molecular complexity index is 1220. The zero-order valence-electron chi connectivity index (χ0n) is 17.1. The number of hydrogen-bond acceptors (Lipinski definition) is 6. The molecule has 2 heterocycles. The van der Waals surface area contributed by atoms with Crippen LogP contribution in [-0.2, 0) is 6.61 Å². The van der Waals surface area contributed by atoms with Crippen LogP contribution in [0.3, 0.4) is 0 Å². The lowest BCUT2D eigenvalue weighted by atomic mass is 10.2. The van der Waals surface area contributed by atoms with Crippen LogP contribution in [0, 0.1) is 0 Å². The third kappa shape index (κ3) is 3.96. The fourth-order valence-corrected chi connectivity index (χ4v) is 3.06. The number of rotatable bonds is 7. The molecule has 152 valence electrons. The number of aromatic nitrogens is 2. The number of imidazole rings is 1. The molecule has 0 radical (unpaired) electrons. The maximum Gasteiger partial charge on any atom is 0.250 e. The van der Waals surface area contributed by atoms with Crippen molar-refractivity contribution in [3.05, 3.63) is 60.3 Å². The summed E-state index contributed by atoms with van der Waals surface area (Å²) in [4.78, 5) is 8.41. The number of furan rings is 1. The molecule has 0 aliphatic heterocycles. The van der Waals surface area contributed by atoms with Gasteiger partial charge in [0.1, 0.15) is 29.4 Å². The summed E-state index contributed by atoms with van der Waals surface area (Å²) in [5.41, 5.74) is 3.19. The Balaban J connectivity index is 1.74. The third-order valence-electron chi connectivity index (χ3n) is 4.42. The van der Waals surface area contributed by atoms with E-state index in [4.69, 9.17) is 13.9 Å². The summed E-state index contributed by atoms with van der Waals surface area (Å²) in [5, 5.41) is 5.22. The first kappa shape index (κ1) is 19.4. The maximum atomic E-state index is 6.08. The highest BCUT2D eigenvalue weighted by atomic mass is 16.5. The minimum absolute atomic E-state index is 0.393. The van der Waals surface area contributed by atoms with Crippen molar-refractivity contribution in [1.82, 2.24) is 9.66 Å². The SMILES string of the molecule is C=Nc1nc(-c2cc3c(OCc4ccccc4)cc(OC)cc3o2)cn1N=C(C)C. The molecule has 2 aromatic heterocycles. The van der Waals surface area contributed by atoms with Crippen LogP contribution in [0.25, 0.3) is 22.4 Å². The van der Waals surface area contributed by atoms with Gasteiger partial charge in [-0.2, -0.15) is 5.10 Å². The topological polar surface area (TPSA) is 74.1 Å². The molecule has 30 heavy (non-hydrogen) atoms. The van der Waals surface area contributed by atoms with E-state index in [2.05, 4.69) is 21.8 Å². The highest BCUT2D eigenvalue weighted by Crippen LogP contribution is 2.37.